The van der Waals surface area contributed by atoms with Crippen LogP contribution in [0, 0.1) is 5.41 Å². The zero-order valence-corrected chi connectivity index (χ0v) is 10.3. The summed E-state index contributed by atoms with van der Waals surface area (Å²) in [6.45, 7) is 4.78. The lowest BCUT2D eigenvalue weighted by atomic mass is 9.84. The maximum atomic E-state index is 6.11. The van der Waals surface area contributed by atoms with Crippen LogP contribution in [0.1, 0.15) is 24.8 Å². The maximum absolute atomic E-state index is 6.11. The predicted octanol–water partition coefficient (Wildman–Crippen LogP) is 2.50. The fourth-order valence-corrected chi connectivity index (χ4v) is 2.66. The molecule has 0 fully saturated rings. The molecule has 1 aromatic heterocycles. The van der Waals surface area contributed by atoms with E-state index in [0.29, 0.717) is 6.54 Å². The molecule has 0 aliphatic rings. The third kappa shape index (κ3) is 2.53. The van der Waals surface area contributed by atoms with Crippen LogP contribution in [-0.4, -0.2) is 6.54 Å². The SMILES string of the molecule is CC(C)(CN)C(N)c1cc(Br)cs1. The first-order chi connectivity index (χ1) is 5.97. The van der Waals surface area contributed by atoms with Gasteiger partial charge in [0.15, 0.2) is 0 Å². The zero-order valence-electron chi connectivity index (χ0n) is 7.88. The number of hydrogen-bond acceptors (Lipinski definition) is 3. The summed E-state index contributed by atoms with van der Waals surface area (Å²) < 4.78 is 1.09. The fourth-order valence-electron chi connectivity index (χ4n) is 1.00. The van der Waals surface area contributed by atoms with Crippen LogP contribution >= 0.6 is 27.3 Å². The van der Waals surface area contributed by atoms with Crippen LogP contribution in [0.3, 0.4) is 0 Å². The van der Waals surface area contributed by atoms with E-state index in [2.05, 4.69) is 35.8 Å². The molecular weight excluding hydrogens is 248 g/mol. The number of thiophene rings is 1. The van der Waals surface area contributed by atoms with E-state index in [9.17, 15) is 0 Å². The van der Waals surface area contributed by atoms with Gasteiger partial charge in [-0.2, -0.15) is 0 Å². The molecule has 4 N–H and O–H groups in total. The lowest BCUT2D eigenvalue weighted by Gasteiger charge is -2.29. The first kappa shape index (κ1) is 11.2. The summed E-state index contributed by atoms with van der Waals surface area (Å²) in [7, 11) is 0. The van der Waals surface area contributed by atoms with Crippen LogP contribution in [-0.2, 0) is 0 Å². The topological polar surface area (TPSA) is 52.0 Å². The minimum Gasteiger partial charge on any atom is -0.330 e. The lowest BCUT2D eigenvalue weighted by molar-refractivity contribution is 0.305. The highest BCUT2D eigenvalue weighted by Crippen LogP contribution is 2.34. The van der Waals surface area contributed by atoms with Gasteiger partial charge >= 0.3 is 0 Å². The van der Waals surface area contributed by atoms with Gasteiger partial charge < -0.3 is 11.5 Å². The van der Waals surface area contributed by atoms with Crippen LogP contribution in [0.2, 0.25) is 0 Å². The molecule has 0 aliphatic carbocycles. The summed E-state index contributed by atoms with van der Waals surface area (Å²) in [5.41, 5.74) is 11.7. The van der Waals surface area contributed by atoms with Crippen molar-refractivity contribution in [2.45, 2.75) is 19.9 Å². The van der Waals surface area contributed by atoms with Crippen molar-refractivity contribution in [3.05, 3.63) is 20.8 Å². The molecule has 0 bridgehead atoms. The molecule has 2 nitrogen and oxygen atoms in total. The molecule has 13 heavy (non-hydrogen) atoms. The molecule has 0 aromatic carbocycles. The summed E-state index contributed by atoms with van der Waals surface area (Å²) in [4.78, 5) is 1.18. The van der Waals surface area contributed by atoms with E-state index < -0.39 is 0 Å². The molecule has 4 heteroatoms. The van der Waals surface area contributed by atoms with Crippen LogP contribution in [0.15, 0.2) is 15.9 Å². The van der Waals surface area contributed by atoms with Crippen molar-refractivity contribution < 1.29 is 0 Å². The Hall–Kier alpha value is 0.1000. The maximum Gasteiger partial charge on any atom is 0.0454 e. The second-order valence-electron chi connectivity index (χ2n) is 3.84. The predicted molar refractivity (Wildman–Crippen MR) is 61.8 cm³/mol. The summed E-state index contributed by atoms with van der Waals surface area (Å²) >= 11 is 5.09. The number of rotatable bonds is 3. The average Bonchev–Trinajstić information content (AvgIpc) is 2.50. The molecule has 1 heterocycles. The molecule has 1 atom stereocenters. The second kappa shape index (κ2) is 4.09. The summed E-state index contributed by atoms with van der Waals surface area (Å²) in [5, 5.41) is 2.04. The molecule has 0 saturated heterocycles. The summed E-state index contributed by atoms with van der Waals surface area (Å²) in [6.07, 6.45) is 0. The van der Waals surface area contributed by atoms with Gasteiger partial charge in [0.1, 0.15) is 0 Å². The van der Waals surface area contributed by atoms with Crippen LogP contribution in [0.5, 0.6) is 0 Å². The molecule has 0 spiro atoms. The second-order valence-corrected chi connectivity index (χ2v) is 5.70. The third-order valence-electron chi connectivity index (χ3n) is 2.26. The van der Waals surface area contributed by atoms with E-state index >= 15 is 0 Å². The Morgan fingerprint density at radius 3 is 2.62 bits per heavy atom. The van der Waals surface area contributed by atoms with Crippen molar-refractivity contribution in [1.82, 2.24) is 0 Å². The highest BCUT2D eigenvalue weighted by atomic mass is 79.9. The first-order valence-corrected chi connectivity index (χ1v) is 5.84. The van der Waals surface area contributed by atoms with Crippen molar-refractivity contribution in [3.8, 4) is 0 Å². The smallest absolute Gasteiger partial charge is 0.0454 e. The Morgan fingerprint density at radius 1 is 1.62 bits per heavy atom. The van der Waals surface area contributed by atoms with Crippen LogP contribution in [0.4, 0.5) is 0 Å². The highest BCUT2D eigenvalue weighted by Gasteiger charge is 2.27. The van der Waals surface area contributed by atoms with Gasteiger partial charge in [-0.05, 0) is 34.0 Å². The Labute approximate surface area is 91.4 Å². The van der Waals surface area contributed by atoms with Crippen molar-refractivity contribution in [3.63, 3.8) is 0 Å². The number of nitrogens with two attached hydrogens (primary N) is 2. The van der Waals surface area contributed by atoms with Crippen LogP contribution < -0.4 is 11.5 Å². The summed E-state index contributed by atoms with van der Waals surface area (Å²) in [5.74, 6) is 0. The van der Waals surface area contributed by atoms with Gasteiger partial charge in [-0.3, -0.25) is 0 Å². The van der Waals surface area contributed by atoms with Crippen molar-refractivity contribution >= 4 is 27.3 Å². The molecule has 74 valence electrons. The number of hydrogen-bond donors (Lipinski definition) is 2. The van der Waals surface area contributed by atoms with Gasteiger partial charge in [0, 0.05) is 20.8 Å². The van der Waals surface area contributed by atoms with E-state index in [1.807, 2.05) is 5.38 Å². The van der Waals surface area contributed by atoms with Crippen LogP contribution in [0.25, 0.3) is 0 Å². The fraction of sp³-hybridized carbons (Fsp3) is 0.556. The van der Waals surface area contributed by atoms with E-state index in [4.69, 9.17) is 11.5 Å². The number of halogens is 1. The van der Waals surface area contributed by atoms with E-state index in [1.54, 1.807) is 11.3 Å². The molecule has 1 unspecified atom stereocenters. The Kier molecular flexibility index (Phi) is 3.51. The largest absolute Gasteiger partial charge is 0.330 e. The monoisotopic (exact) mass is 262 g/mol. The van der Waals surface area contributed by atoms with Gasteiger partial charge in [0.25, 0.3) is 0 Å². The van der Waals surface area contributed by atoms with Gasteiger partial charge in [-0.1, -0.05) is 13.8 Å². The van der Waals surface area contributed by atoms with Gasteiger partial charge in [-0.25, -0.2) is 0 Å². The third-order valence-corrected chi connectivity index (χ3v) is 4.04. The molecule has 0 radical (unpaired) electrons. The Balaban J connectivity index is 2.84. The quantitative estimate of drug-likeness (QED) is 0.880. The minimum absolute atomic E-state index is 0.0220. The van der Waals surface area contributed by atoms with Gasteiger partial charge in [-0.15, -0.1) is 11.3 Å². The Bertz CT molecular complexity index is 283. The van der Waals surface area contributed by atoms with Crippen molar-refractivity contribution in [1.29, 1.82) is 0 Å². The first-order valence-electron chi connectivity index (χ1n) is 4.17. The molecular formula is C9H15BrN2S. The molecule has 0 saturated carbocycles. The lowest BCUT2D eigenvalue weighted by Crippen LogP contribution is -2.35. The summed E-state index contributed by atoms with van der Waals surface area (Å²) in [6, 6.07) is 2.08. The van der Waals surface area contributed by atoms with Crippen molar-refractivity contribution in [2.75, 3.05) is 6.54 Å². The standard InChI is InChI=1S/C9H15BrN2S/c1-9(2,5-11)8(12)7-3-6(10)4-13-7/h3-4,8H,5,11-12H2,1-2H3. The van der Waals surface area contributed by atoms with E-state index in [-0.39, 0.29) is 11.5 Å². The molecule has 1 aromatic rings. The zero-order chi connectivity index (χ0) is 10.1. The average molecular weight is 263 g/mol. The Morgan fingerprint density at radius 2 is 2.23 bits per heavy atom. The van der Waals surface area contributed by atoms with E-state index in [1.165, 1.54) is 4.88 Å². The molecule has 1 rings (SSSR count). The molecule has 0 amide bonds. The molecule has 0 aliphatic heterocycles. The van der Waals surface area contributed by atoms with E-state index in [0.717, 1.165) is 4.47 Å². The normalized spacial score (nSPS) is 14.5. The highest BCUT2D eigenvalue weighted by molar-refractivity contribution is 9.10. The minimum atomic E-state index is -0.0374. The van der Waals surface area contributed by atoms with Gasteiger partial charge in [0.05, 0.1) is 0 Å². The van der Waals surface area contributed by atoms with Gasteiger partial charge in [0.2, 0.25) is 0 Å². The van der Waals surface area contributed by atoms with Crippen molar-refractivity contribution in [2.24, 2.45) is 16.9 Å².